The summed E-state index contributed by atoms with van der Waals surface area (Å²) in [6, 6.07) is 12.2. The summed E-state index contributed by atoms with van der Waals surface area (Å²) >= 11 is 12.5. The van der Waals surface area contributed by atoms with Gasteiger partial charge in [-0.25, -0.2) is 13.1 Å². The predicted octanol–water partition coefficient (Wildman–Crippen LogP) is 3.65. The monoisotopic (exact) mass is 428 g/mol. The number of nitrogens with zero attached hydrogens (tertiary/aromatic N) is 1. The number of ether oxygens (including phenoxy) is 1. The van der Waals surface area contributed by atoms with Gasteiger partial charge < -0.3 is 4.74 Å². The highest BCUT2D eigenvalue weighted by Gasteiger charge is 2.27. The molecular weight excluding hydrogens is 407 g/mol. The highest BCUT2D eigenvalue weighted by atomic mass is 35.5. The van der Waals surface area contributed by atoms with Gasteiger partial charge in [0.05, 0.1) is 18.2 Å². The van der Waals surface area contributed by atoms with Gasteiger partial charge in [0.15, 0.2) is 0 Å². The van der Waals surface area contributed by atoms with E-state index in [0.29, 0.717) is 31.3 Å². The summed E-state index contributed by atoms with van der Waals surface area (Å²) in [4.78, 5) is 2.26. The van der Waals surface area contributed by atoms with Crippen LogP contribution in [-0.2, 0) is 14.8 Å². The third kappa shape index (κ3) is 5.02. The molecule has 2 aromatic rings. The Morgan fingerprint density at radius 2 is 1.81 bits per heavy atom. The van der Waals surface area contributed by atoms with Gasteiger partial charge in [-0.05, 0) is 36.2 Å². The molecule has 146 valence electrons. The van der Waals surface area contributed by atoms with Gasteiger partial charge in [-0.3, -0.25) is 4.90 Å². The van der Waals surface area contributed by atoms with E-state index in [2.05, 4.69) is 9.62 Å². The minimum atomic E-state index is -3.75. The van der Waals surface area contributed by atoms with Gasteiger partial charge in [-0.15, -0.1) is 0 Å². The van der Waals surface area contributed by atoms with Crippen molar-refractivity contribution >= 4 is 33.2 Å². The summed E-state index contributed by atoms with van der Waals surface area (Å²) in [6.45, 7) is 4.69. The lowest BCUT2D eigenvalue weighted by Gasteiger charge is -2.35. The Morgan fingerprint density at radius 1 is 1.11 bits per heavy atom. The Bertz CT molecular complexity index is 900. The van der Waals surface area contributed by atoms with E-state index >= 15 is 0 Å². The maximum absolute atomic E-state index is 12.8. The van der Waals surface area contributed by atoms with E-state index in [1.54, 1.807) is 12.1 Å². The van der Waals surface area contributed by atoms with Crippen LogP contribution in [0.3, 0.4) is 0 Å². The first-order valence-electron chi connectivity index (χ1n) is 8.70. The standard InChI is InChI=1S/C19H22Cl2N2O3S/c1-14-6-7-19(17(21)12-14)27(24,25)22-13-18(23-8-10-26-11-9-23)15-4-2-3-5-16(15)20/h2-7,12,18,22H,8-11,13H2,1H3. The average Bonchev–Trinajstić information content (AvgIpc) is 2.64. The summed E-state index contributed by atoms with van der Waals surface area (Å²) in [7, 11) is -3.75. The van der Waals surface area contributed by atoms with Crippen LogP contribution in [0.15, 0.2) is 47.4 Å². The van der Waals surface area contributed by atoms with E-state index in [4.69, 9.17) is 27.9 Å². The van der Waals surface area contributed by atoms with Gasteiger partial charge in [0.1, 0.15) is 4.90 Å². The van der Waals surface area contributed by atoms with E-state index in [1.165, 1.54) is 6.07 Å². The van der Waals surface area contributed by atoms with Crippen molar-refractivity contribution in [1.29, 1.82) is 0 Å². The molecule has 1 unspecified atom stereocenters. The molecule has 0 amide bonds. The first-order valence-corrected chi connectivity index (χ1v) is 10.9. The highest BCUT2D eigenvalue weighted by Crippen LogP contribution is 2.29. The number of nitrogens with one attached hydrogen (secondary N) is 1. The zero-order valence-corrected chi connectivity index (χ0v) is 17.3. The SMILES string of the molecule is Cc1ccc(S(=O)(=O)NCC(c2ccccc2Cl)N2CCOCC2)c(Cl)c1. The van der Waals surface area contributed by atoms with Crippen LogP contribution in [0.1, 0.15) is 17.2 Å². The molecule has 1 aliphatic heterocycles. The van der Waals surface area contributed by atoms with Gasteiger partial charge in [-0.1, -0.05) is 47.5 Å². The normalized spacial score (nSPS) is 17.0. The number of halogens is 2. The van der Waals surface area contributed by atoms with E-state index in [9.17, 15) is 8.42 Å². The lowest BCUT2D eigenvalue weighted by atomic mass is 10.0. The molecule has 3 rings (SSSR count). The van der Waals surface area contributed by atoms with Gasteiger partial charge in [0.2, 0.25) is 10.0 Å². The minimum absolute atomic E-state index is 0.0784. The lowest BCUT2D eigenvalue weighted by Crippen LogP contribution is -2.44. The van der Waals surface area contributed by atoms with Gasteiger partial charge >= 0.3 is 0 Å². The third-order valence-electron chi connectivity index (χ3n) is 4.59. The van der Waals surface area contributed by atoms with Gasteiger partial charge in [0, 0.05) is 30.7 Å². The van der Waals surface area contributed by atoms with E-state index in [-0.39, 0.29) is 22.5 Å². The first kappa shape index (κ1) is 20.6. The van der Waals surface area contributed by atoms with Crippen molar-refractivity contribution in [3.63, 3.8) is 0 Å². The molecule has 0 bridgehead atoms. The van der Waals surface area contributed by atoms with Crippen molar-refractivity contribution < 1.29 is 13.2 Å². The maximum Gasteiger partial charge on any atom is 0.242 e. The Balaban J connectivity index is 1.85. The predicted molar refractivity (Wildman–Crippen MR) is 108 cm³/mol. The average molecular weight is 429 g/mol. The molecule has 1 saturated heterocycles. The fraction of sp³-hybridized carbons (Fsp3) is 0.368. The van der Waals surface area contributed by atoms with Gasteiger partial charge in [0.25, 0.3) is 0 Å². The molecule has 0 saturated carbocycles. The van der Waals surface area contributed by atoms with E-state index < -0.39 is 10.0 Å². The van der Waals surface area contributed by atoms with E-state index in [0.717, 1.165) is 11.1 Å². The highest BCUT2D eigenvalue weighted by molar-refractivity contribution is 7.89. The molecule has 27 heavy (non-hydrogen) atoms. The van der Waals surface area contributed by atoms with Crippen LogP contribution in [0.4, 0.5) is 0 Å². The summed E-state index contributed by atoms with van der Waals surface area (Å²) in [5.41, 5.74) is 1.79. The fourth-order valence-electron chi connectivity index (χ4n) is 3.16. The van der Waals surface area contributed by atoms with E-state index in [1.807, 2.05) is 31.2 Å². The first-order chi connectivity index (χ1) is 12.9. The quantitative estimate of drug-likeness (QED) is 0.762. The second-order valence-electron chi connectivity index (χ2n) is 6.47. The van der Waals surface area contributed by atoms with Crippen molar-refractivity contribution in [3.8, 4) is 0 Å². The fourth-order valence-corrected chi connectivity index (χ4v) is 5.06. The van der Waals surface area contributed by atoms with Gasteiger partial charge in [-0.2, -0.15) is 0 Å². The van der Waals surface area contributed by atoms with Crippen LogP contribution in [-0.4, -0.2) is 46.2 Å². The van der Waals surface area contributed by atoms with Crippen molar-refractivity contribution in [3.05, 3.63) is 63.6 Å². The molecule has 0 spiro atoms. The molecular formula is C19H22Cl2N2O3S. The Kier molecular flexibility index (Phi) is 6.78. The molecule has 1 atom stereocenters. The Hall–Kier alpha value is -1.15. The second-order valence-corrected chi connectivity index (χ2v) is 9.02. The zero-order chi connectivity index (χ0) is 19.4. The molecule has 1 N–H and O–H groups in total. The smallest absolute Gasteiger partial charge is 0.242 e. The summed E-state index contributed by atoms with van der Waals surface area (Å²) in [5, 5.41) is 0.824. The van der Waals surface area contributed by atoms with Crippen LogP contribution in [0.25, 0.3) is 0 Å². The topological polar surface area (TPSA) is 58.6 Å². The number of aryl methyl sites for hydroxylation is 1. The Labute approximate surface area is 170 Å². The molecule has 0 radical (unpaired) electrons. The van der Waals surface area contributed by atoms with Crippen LogP contribution in [0, 0.1) is 6.92 Å². The van der Waals surface area contributed by atoms with Crippen LogP contribution >= 0.6 is 23.2 Å². The van der Waals surface area contributed by atoms with Crippen molar-refractivity contribution in [2.75, 3.05) is 32.8 Å². The number of benzene rings is 2. The molecule has 1 heterocycles. The number of morpholine rings is 1. The van der Waals surface area contributed by atoms with Crippen LogP contribution in [0.5, 0.6) is 0 Å². The van der Waals surface area contributed by atoms with Crippen LogP contribution < -0.4 is 4.72 Å². The molecule has 2 aromatic carbocycles. The number of sulfonamides is 1. The Morgan fingerprint density at radius 3 is 2.48 bits per heavy atom. The third-order valence-corrected chi connectivity index (χ3v) is 6.84. The summed E-state index contributed by atoms with van der Waals surface area (Å²) < 4.78 is 33.7. The van der Waals surface area contributed by atoms with Crippen LogP contribution in [0.2, 0.25) is 10.0 Å². The van der Waals surface area contributed by atoms with Crippen molar-refractivity contribution in [2.45, 2.75) is 17.9 Å². The summed E-state index contributed by atoms with van der Waals surface area (Å²) in [6.07, 6.45) is 0. The molecule has 1 fully saturated rings. The zero-order valence-electron chi connectivity index (χ0n) is 15.0. The summed E-state index contributed by atoms with van der Waals surface area (Å²) in [5.74, 6) is 0. The molecule has 1 aliphatic rings. The molecule has 5 nitrogen and oxygen atoms in total. The van der Waals surface area contributed by atoms with Crippen molar-refractivity contribution in [2.24, 2.45) is 0 Å². The molecule has 0 aromatic heterocycles. The maximum atomic E-state index is 12.8. The molecule has 0 aliphatic carbocycles. The number of hydrogen-bond acceptors (Lipinski definition) is 4. The largest absolute Gasteiger partial charge is 0.379 e. The molecule has 8 heteroatoms. The van der Waals surface area contributed by atoms with Crippen molar-refractivity contribution in [1.82, 2.24) is 9.62 Å². The number of rotatable bonds is 6. The lowest BCUT2D eigenvalue weighted by molar-refractivity contribution is 0.0172. The number of hydrogen-bond donors (Lipinski definition) is 1. The second kappa shape index (κ2) is 8.90. The minimum Gasteiger partial charge on any atom is -0.379 e.